The number of hydrogen-bond donors (Lipinski definition) is 0. The molecule has 5 heteroatoms. The van der Waals surface area contributed by atoms with Gasteiger partial charge in [-0.15, -0.1) is 23.2 Å². The third-order valence-electron chi connectivity index (χ3n) is 3.16. The number of nitrogens with zero attached hydrogens (tertiary/aromatic N) is 2. The van der Waals surface area contributed by atoms with Gasteiger partial charge in [0.15, 0.2) is 5.78 Å². The van der Waals surface area contributed by atoms with E-state index >= 15 is 0 Å². The second-order valence-corrected chi connectivity index (χ2v) is 5.47. The number of Topliss-reactive ketones (excluding diaryl/α,β-unsaturated/α-hetero) is 1. The fourth-order valence-electron chi connectivity index (χ4n) is 1.91. The number of halogens is 2. The van der Waals surface area contributed by atoms with E-state index in [-0.39, 0.29) is 5.78 Å². The van der Waals surface area contributed by atoms with Crippen LogP contribution in [0.4, 0.5) is 0 Å². The molecule has 22 heavy (non-hydrogen) atoms. The lowest BCUT2D eigenvalue weighted by Gasteiger charge is -2.14. The van der Waals surface area contributed by atoms with Gasteiger partial charge in [-0.1, -0.05) is 24.3 Å². The maximum Gasteiger partial charge on any atom is 0.177 e. The number of rotatable bonds is 4. The first kappa shape index (κ1) is 16.0. The molecule has 0 saturated heterocycles. The molecule has 0 aliphatic carbocycles. The van der Waals surface area contributed by atoms with E-state index in [1.54, 1.807) is 48.5 Å². The topological polar surface area (TPSA) is 64.7 Å². The van der Waals surface area contributed by atoms with Gasteiger partial charge in [0.05, 0.1) is 23.3 Å². The molecule has 0 N–H and O–H groups in total. The third kappa shape index (κ3) is 3.46. The second kappa shape index (κ2) is 7.09. The molecular weight excluding hydrogens is 319 g/mol. The minimum atomic E-state index is -0.897. The largest absolute Gasteiger partial charge is 0.296 e. The maximum atomic E-state index is 12.4. The molecule has 0 amide bonds. The highest BCUT2D eigenvalue weighted by molar-refractivity contribution is 6.40. The van der Waals surface area contributed by atoms with E-state index in [4.69, 9.17) is 33.7 Å². The lowest BCUT2D eigenvalue weighted by atomic mass is 10.0. The predicted octanol–water partition coefficient (Wildman–Crippen LogP) is 4.26. The van der Waals surface area contributed by atoms with Crippen molar-refractivity contribution in [1.82, 2.24) is 0 Å². The third-order valence-corrected chi connectivity index (χ3v) is 4.10. The van der Waals surface area contributed by atoms with Crippen molar-refractivity contribution in [2.24, 2.45) is 0 Å². The quantitative estimate of drug-likeness (QED) is 0.787. The van der Waals surface area contributed by atoms with E-state index in [1.807, 2.05) is 12.1 Å². The Bertz CT molecular complexity index is 690. The predicted molar refractivity (Wildman–Crippen MR) is 84.5 cm³/mol. The Hall–Kier alpha value is -2.33. The number of carbonyl (C=O) groups is 1. The van der Waals surface area contributed by atoms with Gasteiger partial charge in [-0.3, -0.25) is 4.79 Å². The molecule has 2 aromatic rings. The standard InChI is InChI=1S/C17H10Cl2N2O/c18-15(13-5-1-11(9-20)2-6-13)17(22)16(19)14-7-3-12(10-21)4-8-14/h1-8,15-16H. The van der Waals surface area contributed by atoms with Gasteiger partial charge in [-0.05, 0) is 35.4 Å². The van der Waals surface area contributed by atoms with Crippen molar-refractivity contribution in [2.75, 3.05) is 0 Å². The molecule has 0 bridgehead atoms. The van der Waals surface area contributed by atoms with Crippen LogP contribution in [0.5, 0.6) is 0 Å². The average Bonchev–Trinajstić information content (AvgIpc) is 2.60. The summed E-state index contributed by atoms with van der Waals surface area (Å²) in [6, 6.07) is 16.9. The summed E-state index contributed by atoms with van der Waals surface area (Å²) in [5, 5.41) is 15.7. The summed E-state index contributed by atoms with van der Waals surface area (Å²) in [7, 11) is 0. The van der Waals surface area contributed by atoms with Gasteiger partial charge in [0.1, 0.15) is 10.8 Å². The van der Waals surface area contributed by atoms with Gasteiger partial charge in [-0.25, -0.2) is 0 Å². The van der Waals surface area contributed by atoms with Crippen molar-refractivity contribution < 1.29 is 4.79 Å². The SMILES string of the molecule is N#Cc1ccc(C(Cl)C(=O)C(Cl)c2ccc(C#N)cc2)cc1. The Morgan fingerprint density at radius 3 is 1.36 bits per heavy atom. The summed E-state index contributed by atoms with van der Waals surface area (Å²) in [5.41, 5.74) is 2.17. The lowest BCUT2D eigenvalue weighted by molar-refractivity contribution is -0.118. The molecule has 3 nitrogen and oxygen atoms in total. The number of alkyl halides is 2. The van der Waals surface area contributed by atoms with E-state index in [9.17, 15) is 4.79 Å². The summed E-state index contributed by atoms with van der Waals surface area (Å²) in [6.07, 6.45) is 0. The van der Waals surface area contributed by atoms with Crippen LogP contribution in [-0.4, -0.2) is 5.78 Å². The Balaban J connectivity index is 2.18. The Morgan fingerprint density at radius 1 is 0.773 bits per heavy atom. The van der Waals surface area contributed by atoms with E-state index in [2.05, 4.69) is 0 Å². The molecule has 2 unspecified atom stereocenters. The van der Waals surface area contributed by atoms with Crippen LogP contribution in [0.2, 0.25) is 0 Å². The maximum absolute atomic E-state index is 12.4. The molecule has 0 saturated carbocycles. The molecule has 0 aliphatic heterocycles. The highest BCUT2D eigenvalue weighted by Crippen LogP contribution is 2.32. The monoisotopic (exact) mass is 328 g/mol. The normalized spacial score (nSPS) is 12.7. The summed E-state index contributed by atoms with van der Waals surface area (Å²) in [4.78, 5) is 12.4. The molecule has 0 radical (unpaired) electrons. The first-order valence-corrected chi connectivity index (χ1v) is 7.26. The average molecular weight is 329 g/mol. The van der Waals surface area contributed by atoms with Crippen LogP contribution < -0.4 is 0 Å². The van der Waals surface area contributed by atoms with Crippen molar-refractivity contribution in [2.45, 2.75) is 10.8 Å². The molecule has 0 fully saturated rings. The zero-order chi connectivity index (χ0) is 16.1. The van der Waals surface area contributed by atoms with Crippen molar-refractivity contribution in [3.63, 3.8) is 0 Å². The molecule has 2 aromatic carbocycles. The molecule has 2 atom stereocenters. The van der Waals surface area contributed by atoms with E-state index < -0.39 is 10.8 Å². The van der Waals surface area contributed by atoms with Crippen LogP contribution in [0.25, 0.3) is 0 Å². The summed E-state index contributed by atoms with van der Waals surface area (Å²) >= 11 is 12.4. The van der Waals surface area contributed by atoms with Crippen LogP contribution in [0.3, 0.4) is 0 Å². The van der Waals surface area contributed by atoms with Crippen LogP contribution in [0.15, 0.2) is 48.5 Å². The molecule has 0 aliphatic rings. The van der Waals surface area contributed by atoms with Crippen molar-refractivity contribution in [3.8, 4) is 12.1 Å². The Morgan fingerprint density at radius 2 is 1.09 bits per heavy atom. The van der Waals surface area contributed by atoms with Gasteiger partial charge in [-0.2, -0.15) is 10.5 Å². The fourth-order valence-corrected chi connectivity index (χ4v) is 2.52. The van der Waals surface area contributed by atoms with Gasteiger partial charge in [0, 0.05) is 0 Å². The second-order valence-electron chi connectivity index (χ2n) is 4.60. The molecule has 0 aromatic heterocycles. The molecule has 108 valence electrons. The number of benzene rings is 2. The first-order valence-electron chi connectivity index (χ1n) is 6.39. The Kier molecular flexibility index (Phi) is 5.17. The number of nitriles is 2. The van der Waals surface area contributed by atoms with Crippen LogP contribution in [0, 0.1) is 22.7 Å². The highest BCUT2D eigenvalue weighted by atomic mass is 35.5. The number of ketones is 1. The lowest BCUT2D eigenvalue weighted by Crippen LogP contribution is -2.13. The highest BCUT2D eigenvalue weighted by Gasteiger charge is 2.26. The van der Waals surface area contributed by atoms with Crippen molar-refractivity contribution in [1.29, 1.82) is 10.5 Å². The van der Waals surface area contributed by atoms with Crippen LogP contribution >= 0.6 is 23.2 Å². The molecular formula is C17H10Cl2N2O. The van der Waals surface area contributed by atoms with Gasteiger partial charge < -0.3 is 0 Å². The zero-order valence-corrected chi connectivity index (χ0v) is 12.8. The zero-order valence-electron chi connectivity index (χ0n) is 11.3. The van der Waals surface area contributed by atoms with Crippen LogP contribution in [-0.2, 0) is 4.79 Å². The molecule has 0 spiro atoms. The fraction of sp³-hybridized carbons (Fsp3) is 0.118. The van der Waals surface area contributed by atoms with E-state index in [1.165, 1.54) is 0 Å². The van der Waals surface area contributed by atoms with Gasteiger partial charge >= 0.3 is 0 Å². The smallest absolute Gasteiger partial charge is 0.177 e. The minimum Gasteiger partial charge on any atom is -0.296 e. The number of carbonyl (C=O) groups excluding carboxylic acids is 1. The van der Waals surface area contributed by atoms with E-state index in [0.29, 0.717) is 22.3 Å². The minimum absolute atomic E-state index is 0.349. The van der Waals surface area contributed by atoms with Gasteiger partial charge in [0.25, 0.3) is 0 Å². The van der Waals surface area contributed by atoms with E-state index in [0.717, 1.165) is 0 Å². The molecule has 0 heterocycles. The summed E-state index contributed by atoms with van der Waals surface area (Å²) < 4.78 is 0. The van der Waals surface area contributed by atoms with Crippen LogP contribution in [0.1, 0.15) is 33.0 Å². The van der Waals surface area contributed by atoms with Crippen molar-refractivity contribution >= 4 is 29.0 Å². The Labute approximate surface area is 138 Å². The first-order chi connectivity index (χ1) is 10.6. The van der Waals surface area contributed by atoms with Crippen molar-refractivity contribution in [3.05, 3.63) is 70.8 Å². The van der Waals surface area contributed by atoms with Gasteiger partial charge in [0.2, 0.25) is 0 Å². The summed E-state index contributed by atoms with van der Waals surface area (Å²) in [5.74, 6) is -0.349. The summed E-state index contributed by atoms with van der Waals surface area (Å²) in [6.45, 7) is 0. The number of hydrogen-bond acceptors (Lipinski definition) is 3. The molecule has 2 rings (SSSR count).